The number of methoxy groups -OCH3 is 1. The Balaban J connectivity index is 3.24. The minimum absolute atomic E-state index is 0.241. The molecule has 0 radical (unpaired) electrons. The third-order valence-electron chi connectivity index (χ3n) is 1.22. The molecule has 0 N–H and O–H groups in total. The molecule has 0 amide bonds. The fourth-order valence-corrected chi connectivity index (χ4v) is 1.04. The normalized spacial score (nSPS) is 11.2. The van der Waals surface area contributed by atoms with Crippen molar-refractivity contribution in [1.82, 2.24) is 0 Å². The van der Waals surface area contributed by atoms with Crippen molar-refractivity contribution in [2.24, 2.45) is 0 Å². The second-order valence-corrected chi connectivity index (χ2v) is 2.80. The van der Waals surface area contributed by atoms with E-state index in [-0.39, 0.29) is 4.47 Å². The minimum Gasteiger partial charge on any atom is -0.494 e. The Bertz CT molecular complexity index is 332. The molecule has 0 spiro atoms. The largest absolute Gasteiger partial charge is 0.494 e. The van der Waals surface area contributed by atoms with Gasteiger partial charge in [0.25, 0.3) is 0 Å². The molecule has 1 aromatic carbocycles. The molecular formula is C7H4BrF3O. The van der Waals surface area contributed by atoms with Crippen molar-refractivity contribution < 1.29 is 19.3 Å². The molecule has 0 aliphatic carbocycles. The van der Waals surface area contributed by atoms with Crippen molar-refractivity contribution in [3.8, 4) is 5.75 Å². The fraction of sp³-hybridized carbons (Fsp3) is 0.143. The van der Waals surface area contributed by atoms with Crippen LogP contribution in [0.25, 0.3) is 0 Å². The molecule has 0 heterocycles. The lowest BCUT2D eigenvalue weighted by molar-refractivity contribution is 0.359. The molecule has 0 aliphatic heterocycles. The summed E-state index contributed by atoms with van der Waals surface area (Å²) in [5.74, 6) is -4.83. The summed E-state index contributed by atoms with van der Waals surface area (Å²) >= 11 is 2.68. The first-order chi connectivity index (χ1) is 6.07. The van der Waals surface area contributed by atoms with Gasteiger partial charge in [-0.2, -0.15) is 4.39 Å². The quantitative estimate of drug-likeness (QED) is 0.543. The van der Waals surface area contributed by atoms with Crippen LogP contribution in [-0.2, 0) is 0 Å². The molecule has 0 saturated heterocycles. The summed E-state index contributed by atoms with van der Waals surface area (Å²) in [6.45, 7) is 0. The van der Waals surface area contributed by atoms with E-state index in [0.29, 0.717) is 0 Å². The molecule has 0 aliphatic rings. The highest BCUT2D eigenvalue weighted by Gasteiger charge is 2.17. The third-order valence-corrected chi connectivity index (χ3v) is 1.80. The highest BCUT2D eigenvalue weighted by Crippen LogP contribution is 2.28. The Hall–Kier alpha value is -0.710. The molecule has 12 heavy (non-hydrogen) atoms. The van der Waals surface area contributed by atoms with Crippen molar-refractivity contribution in [1.29, 1.82) is 0 Å². The van der Waals surface area contributed by atoms with Crippen LogP contribution in [0.3, 0.4) is 0 Å². The monoisotopic (exact) mass is 241 g/mol. The minimum atomic E-state index is -1.61. The predicted molar refractivity (Wildman–Crippen MR) is 40.6 cm³/mol. The lowest BCUT2D eigenvalue weighted by Gasteiger charge is -2.04. The first-order valence-corrected chi connectivity index (χ1v) is 3.62. The van der Waals surface area contributed by atoms with Gasteiger partial charge in [-0.3, -0.25) is 0 Å². The zero-order chi connectivity index (χ0) is 10.0. The van der Waals surface area contributed by atoms with Crippen LogP contribution in [0.2, 0.25) is 0 Å². The van der Waals surface area contributed by atoms with E-state index in [1.54, 1.807) is 0 Å². The Morgan fingerprint density at radius 2 is 2.00 bits per heavy atom. The summed E-state index contributed by atoms with van der Waals surface area (Å²) in [7, 11) is -0.561. The average Bonchev–Trinajstić information content (AvgIpc) is 2.11. The van der Waals surface area contributed by atoms with Gasteiger partial charge in [0.1, 0.15) is 0 Å². The summed E-state index contributed by atoms with van der Waals surface area (Å²) in [6, 6.07) is 0.933. The Morgan fingerprint density at radius 1 is 1.33 bits per heavy atom. The van der Waals surface area contributed by atoms with Gasteiger partial charge in [-0.05, 0) is 15.9 Å². The van der Waals surface area contributed by atoms with Crippen LogP contribution in [0.1, 0.15) is 1.37 Å². The van der Waals surface area contributed by atoms with Crippen molar-refractivity contribution in [3.63, 3.8) is 0 Å². The SMILES string of the molecule is [2H]COc1cc(Br)c(F)c(F)c1F. The van der Waals surface area contributed by atoms with Crippen LogP contribution in [0.4, 0.5) is 13.2 Å². The Morgan fingerprint density at radius 3 is 2.58 bits per heavy atom. The molecule has 0 aromatic heterocycles. The summed E-state index contributed by atoms with van der Waals surface area (Å²) in [5, 5.41) is 0. The second-order valence-electron chi connectivity index (χ2n) is 1.94. The van der Waals surface area contributed by atoms with E-state index in [2.05, 4.69) is 20.7 Å². The predicted octanol–water partition coefficient (Wildman–Crippen LogP) is 2.88. The van der Waals surface area contributed by atoms with Crippen LogP contribution in [0.5, 0.6) is 5.75 Å². The maximum atomic E-state index is 12.8. The topological polar surface area (TPSA) is 9.23 Å². The van der Waals surface area contributed by atoms with Crippen LogP contribution in [0, 0.1) is 17.5 Å². The van der Waals surface area contributed by atoms with Gasteiger partial charge in [0.15, 0.2) is 17.4 Å². The van der Waals surface area contributed by atoms with E-state index in [4.69, 9.17) is 1.37 Å². The van der Waals surface area contributed by atoms with Gasteiger partial charge in [-0.15, -0.1) is 0 Å². The number of halogens is 4. The first kappa shape index (κ1) is 7.91. The van der Waals surface area contributed by atoms with E-state index < -0.39 is 30.3 Å². The summed E-state index contributed by atoms with van der Waals surface area (Å²) in [4.78, 5) is 0. The number of rotatable bonds is 1. The van der Waals surface area contributed by atoms with E-state index >= 15 is 0 Å². The zero-order valence-electron chi connectivity index (χ0n) is 6.70. The molecule has 66 valence electrons. The van der Waals surface area contributed by atoms with Crippen LogP contribution in [0.15, 0.2) is 10.5 Å². The Labute approximate surface area is 76.7 Å². The number of hydrogen-bond acceptors (Lipinski definition) is 1. The van der Waals surface area contributed by atoms with Crippen molar-refractivity contribution >= 4 is 15.9 Å². The fourth-order valence-electron chi connectivity index (χ4n) is 0.656. The molecule has 0 fully saturated rings. The van der Waals surface area contributed by atoms with Gasteiger partial charge in [0.2, 0.25) is 5.82 Å². The molecule has 1 rings (SSSR count). The third kappa shape index (κ3) is 1.41. The summed E-state index contributed by atoms with van der Waals surface area (Å²) < 4.78 is 48.9. The molecule has 0 unspecified atom stereocenters. The number of benzene rings is 1. The van der Waals surface area contributed by atoms with Crippen molar-refractivity contribution in [2.75, 3.05) is 7.09 Å². The molecular weight excluding hydrogens is 237 g/mol. The van der Waals surface area contributed by atoms with Gasteiger partial charge >= 0.3 is 0 Å². The van der Waals surface area contributed by atoms with Crippen LogP contribution in [-0.4, -0.2) is 7.09 Å². The number of ether oxygens (including phenoxy) is 1. The summed E-state index contributed by atoms with van der Waals surface area (Å²) in [6.07, 6.45) is 0. The van der Waals surface area contributed by atoms with Gasteiger partial charge < -0.3 is 4.74 Å². The van der Waals surface area contributed by atoms with Gasteiger partial charge in [-0.25, -0.2) is 8.78 Å². The molecule has 0 saturated carbocycles. The highest BCUT2D eigenvalue weighted by molar-refractivity contribution is 9.10. The standard InChI is InChI=1S/C7H4BrF3O/c1-12-4-2-3(8)5(9)7(11)6(4)10/h2H,1H3/i1D. The van der Waals surface area contributed by atoms with Crippen molar-refractivity contribution in [3.05, 3.63) is 28.0 Å². The van der Waals surface area contributed by atoms with E-state index in [1.807, 2.05) is 0 Å². The van der Waals surface area contributed by atoms with E-state index in [9.17, 15) is 13.2 Å². The number of hydrogen-bond donors (Lipinski definition) is 0. The lowest BCUT2D eigenvalue weighted by Crippen LogP contribution is -1.96. The van der Waals surface area contributed by atoms with Gasteiger partial charge in [0, 0.05) is 6.07 Å². The van der Waals surface area contributed by atoms with Crippen LogP contribution < -0.4 is 4.74 Å². The molecule has 0 bridgehead atoms. The maximum Gasteiger partial charge on any atom is 0.203 e. The van der Waals surface area contributed by atoms with Gasteiger partial charge in [0.05, 0.1) is 12.9 Å². The molecule has 0 atom stereocenters. The smallest absolute Gasteiger partial charge is 0.203 e. The van der Waals surface area contributed by atoms with E-state index in [0.717, 1.165) is 6.07 Å². The molecule has 1 aromatic rings. The van der Waals surface area contributed by atoms with Crippen molar-refractivity contribution in [2.45, 2.75) is 0 Å². The average molecular weight is 242 g/mol. The lowest BCUT2D eigenvalue weighted by atomic mass is 10.3. The Kier molecular flexibility index (Phi) is 2.21. The zero-order valence-corrected chi connectivity index (χ0v) is 7.29. The first-order valence-electron chi connectivity index (χ1n) is 3.53. The van der Waals surface area contributed by atoms with Crippen LogP contribution >= 0.6 is 15.9 Å². The van der Waals surface area contributed by atoms with Gasteiger partial charge in [-0.1, -0.05) is 0 Å². The maximum absolute atomic E-state index is 12.8. The molecule has 5 heteroatoms. The van der Waals surface area contributed by atoms with E-state index in [1.165, 1.54) is 0 Å². The highest BCUT2D eigenvalue weighted by atomic mass is 79.9. The second kappa shape index (κ2) is 3.35. The molecule has 1 nitrogen and oxygen atoms in total. The summed E-state index contributed by atoms with van der Waals surface area (Å²) in [5.41, 5.74) is 0.